The standard InChI is InChI=1S/C16H13F5O/c1-11-6-5-9-13(10-11)14(22,12-7-3-2-4-8-12)15(17,18)16(19,20)21/h2-10,22H,1H3. The maximum Gasteiger partial charge on any atom is 0.457 e. The van der Waals surface area contributed by atoms with Crippen LogP contribution in [-0.4, -0.2) is 17.2 Å². The molecule has 118 valence electrons. The molecule has 1 N–H and O–H groups in total. The Labute approximate surface area is 124 Å². The molecular weight excluding hydrogens is 303 g/mol. The van der Waals surface area contributed by atoms with Crippen molar-refractivity contribution in [1.82, 2.24) is 0 Å². The molecule has 0 saturated carbocycles. The third-order valence-corrected chi connectivity index (χ3v) is 3.44. The second kappa shape index (κ2) is 5.35. The largest absolute Gasteiger partial charge is 0.457 e. The Hall–Kier alpha value is -1.95. The lowest BCUT2D eigenvalue weighted by molar-refractivity contribution is -0.336. The molecule has 2 rings (SSSR count). The number of rotatable bonds is 3. The van der Waals surface area contributed by atoms with Gasteiger partial charge in [0.05, 0.1) is 0 Å². The van der Waals surface area contributed by atoms with E-state index < -0.39 is 28.8 Å². The highest BCUT2D eigenvalue weighted by atomic mass is 19.4. The topological polar surface area (TPSA) is 20.2 Å². The van der Waals surface area contributed by atoms with E-state index in [0.29, 0.717) is 5.56 Å². The minimum Gasteiger partial charge on any atom is -0.374 e. The molecule has 0 amide bonds. The number of alkyl halides is 5. The summed E-state index contributed by atoms with van der Waals surface area (Å²) in [4.78, 5) is 0. The molecule has 0 aliphatic rings. The summed E-state index contributed by atoms with van der Waals surface area (Å²) in [5.41, 5.74) is -4.08. The molecule has 0 radical (unpaired) electrons. The number of benzene rings is 2. The van der Waals surface area contributed by atoms with Crippen LogP contribution in [0.15, 0.2) is 54.6 Å². The Bertz CT molecular complexity index is 651. The number of aryl methyl sites for hydroxylation is 1. The van der Waals surface area contributed by atoms with Crippen molar-refractivity contribution < 1.29 is 27.1 Å². The van der Waals surface area contributed by atoms with Crippen molar-refractivity contribution in [3.63, 3.8) is 0 Å². The molecule has 0 heterocycles. The van der Waals surface area contributed by atoms with Crippen LogP contribution >= 0.6 is 0 Å². The smallest absolute Gasteiger partial charge is 0.374 e. The monoisotopic (exact) mass is 316 g/mol. The van der Waals surface area contributed by atoms with Crippen LogP contribution in [-0.2, 0) is 5.60 Å². The first-order chi connectivity index (χ1) is 10.1. The van der Waals surface area contributed by atoms with E-state index in [9.17, 15) is 27.1 Å². The van der Waals surface area contributed by atoms with Crippen molar-refractivity contribution in [2.75, 3.05) is 0 Å². The summed E-state index contributed by atoms with van der Waals surface area (Å²) >= 11 is 0. The summed E-state index contributed by atoms with van der Waals surface area (Å²) in [7, 11) is 0. The molecule has 0 aliphatic heterocycles. The highest BCUT2D eigenvalue weighted by Gasteiger charge is 2.71. The first kappa shape index (κ1) is 16.4. The zero-order chi connectivity index (χ0) is 16.6. The lowest BCUT2D eigenvalue weighted by Crippen LogP contribution is -2.55. The summed E-state index contributed by atoms with van der Waals surface area (Å²) in [6, 6.07) is 11.2. The Morgan fingerprint density at radius 3 is 1.82 bits per heavy atom. The van der Waals surface area contributed by atoms with Gasteiger partial charge in [0.15, 0.2) is 5.60 Å². The fourth-order valence-electron chi connectivity index (χ4n) is 2.28. The minimum atomic E-state index is -5.90. The van der Waals surface area contributed by atoms with Crippen molar-refractivity contribution in [3.8, 4) is 0 Å². The van der Waals surface area contributed by atoms with E-state index >= 15 is 0 Å². The zero-order valence-corrected chi connectivity index (χ0v) is 11.5. The molecule has 0 spiro atoms. The maximum atomic E-state index is 14.1. The average Bonchev–Trinajstić information content (AvgIpc) is 2.46. The Balaban J connectivity index is 2.76. The molecule has 2 aromatic rings. The molecule has 0 bridgehead atoms. The van der Waals surface area contributed by atoms with Crippen LogP contribution in [0, 0.1) is 6.92 Å². The second-order valence-electron chi connectivity index (χ2n) is 5.02. The van der Waals surface area contributed by atoms with E-state index in [1.54, 1.807) is 13.0 Å². The number of aliphatic hydroxyl groups is 1. The molecule has 1 nitrogen and oxygen atoms in total. The summed E-state index contributed by atoms with van der Waals surface area (Å²) < 4.78 is 66.9. The third kappa shape index (κ3) is 2.47. The van der Waals surface area contributed by atoms with E-state index in [0.717, 1.165) is 24.3 Å². The molecule has 0 saturated heterocycles. The fourth-order valence-corrected chi connectivity index (χ4v) is 2.28. The van der Waals surface area contributed by atoms with Gasteiger partial charge in [0.1, 0.15) is 0 Å². The second-order valence-corrected chi connectivity index (χ2v) is 5.02. The van der Waals surface area contributed by atoms with Gasteiger partial charge in [-0.2, -0.15) is 22.0 Å². The minimum absolute atomic E-state index is 0.463. The van der Waals surface area contributed by atoms with Crippen molar-refractivity contribution in [1.29, 1.82) is 0 Å². The van der Waals surface area contributed by atoms with Gasteiger partial charge in [-0.25, -0.2) is 0 Å². The van der Waals surface area contributed by atoms with Crippen LogP contribution in [0.2, 0.25) is 0 Å². The summed E-state index contributed by atoms with van der Waals surface area (Å²) in [5, 5.41) is 10.5. The van der Waals surface area contributed by atoms with Crippen molar-refractivity contribution >= 4 is 0 Å². The third-order valence-electron chi connectivity index (χ3n) is 3.44. The predicted molar refractivity (Wildman–Crippen MR) is 71.6 cm³/mol. The van der Waals surface area contributed by atoms with E-state index in [2.05, 4.69) is 0 Å². The van der Waals surface area contributed by atoms with E-state index in [1.165, 1.54) is 24.3 Å². The molecule has 0 fully saturated rings. The first-order valence-electron chi connectivity index (χ1n) is 6.40. The number of hydrogen-bond donors (Lipinski definition) is 1. The van der Waals surface area contributed by atoms with Gasteiger partial charge in [-0.15, -0.1) is 0 Å². The molecule has 1 unspecified atom stereocenters. The highest BCUT2D eigenvalue weighted by Crippen LogP contribution is 2.51. The lowest BCUT2D eigenvalue weighted by atomic mass is 9.80. The molecule has 22 heavy (non-hydrogen) atoms. The van der Waals surface area contributed by atoms with Gasteiger partial charge in [-0.1, -0.05) is 60.2 Å². The van der Waals surface area contributed by atoms with Crippen molar-refractivity contribution in [2.24, 2.45) is 0 Å². The first-order valence-corrected chi connectivity index (χ1v) is 6.40. The molecule has 0 aromatic heterocycles. The Morgan fingerprint density at radius 2 is 1.32 bits per heavy atom. The van der Waals surface area contributed by atoms with E-state index in [4.69, 9.17) is 0 Å². The van der Waals surface area contributed by atoms with Gasteiger partial charge < -0.3 is 5.11 Å². The van der Waals surface area contributed by atoms with Gasteiger partial charge in [0, 0.05) is 0 Å². The quantitative estimate of drug-likeness (QED) is 0.831. The Morgan fingerprint density at radius 1 is 0.773 bits per heavy atom. The Kier molecular flexibility index (Phi) is 4.00. The highest BCUT2D eigenvalue weighted by molar-refractivity contribution is 5.41. The van der Waals surface area contributed by atoms with Crippen molar-refractivity contribution in [3.05, 3.63) is 71.3 Å². The van der Waals surface area contributed by atoms with Gasteiger partial charge in [-0.3, -0.25) is 0 Å². The van der Waals surface area contributed by atoms with Crippen LogP contribution in [0.5, 0.6) is 0 Å². The fraction of sp³-hybridized carbons (Fsp3) is 0.250. The van der Waals surface area contributed by atoms with E-state index in [1.807, 2.05) is 0 Å². The van der Waals surface area contributed by atoms with Gasteiger partial charge in [-0.05, 0) is 18.1 Å². The SMILES string of the molecule is Cc1cccc(C(O)(c2ccccc2)C(F)(F)C(F)(F)F)c1. The lowest BCUT2D eigenvalue weighted by Gasteiger charge is -2.37. The molecule has 1 atom stereocenters. The molecule has 0 aliphatic carbocycles. The van der Waals surface area contributed by atoms with Gasteiger partial charge >= 0.3 is 12.1 Å². The zero-order valence-electron chi connectivity index (χ0n) is 11.5. The maximum absolute atomic E-state index is 14.1. The van der Waals surface area contributed by atoms with Crippen LogP contribution in [0.3, 0.4) is 0 Å². The van der Waals surface area contributed by atoms with Crippen LogP contribution in [0.25, 0.3) is 0 Å². The molecule has 2 aromatic carbocycles. The summed E-state index contributed by atoms with van der Waals surface area (Å²) in [6.07, 6.45) is -5.90. The number of hydrogen-bond acceptors (Lipinski definition) is 1. The van der Waals surface area contributed by atoms with Crippen LogP contribution in [0.4, 0.5) is 22.0 Å². The van der Waals surface area contributed by atoms with Crippen molar-refractivity contribution in [2.45, 2.75) is 24.6 Å². The average molecular weight is 316 g/mol. The molecular formula is C16H13F5O. The van der Waals surface area contributed by atoms with Crippen LogP contribution < -0.4 is 0 Å². The normalized spacial score (nSPS) is 15.4. The van der Waals surface area contributed by atoms with E-state index in [-0.39, 0.29) is 0 Å². The van der Waals surface area contributed by atoms with Crippen LogP contribution in [0.1, 0.15) is 16.7 Å². The predicted octanol–water partition coefficient (Wildman–Crippen LogP) is 4.43. The summed E-state index contributed by atoms with van der Waals surface area (Å²) in [5.74, 6) is -5.35. The summed E-state index contributed by atoms with van der Waals surface area (Å²) in [6.45, 7) is 1.54. The van der Waals surface area contributed by atoms with Gasteiger partial charge in [0.2, 0.25) is 0 Å². The van der Waals surface area contributed by atoms with Gasteiger partial charge in [0.25, 0.3) is 0 Å². The molecule has 6 heteroatoms. The number of halogens is 5.